The molecule has 5 N–H and O–H groups in total. The van der Waals surface area contributed by atoms with E-state index in [9.17, 15) is 25.5 Å². The van der Waals surface area contributed by atoms with Crippen molar-refractivity contribution in [2.24, 2.45) is 0 Å². The lowest BCUT2D eigenvalue weighted by Gasteiger charge is -2.45. The Morgan fingerprint density at radius 2 is 1.85 bits per heavy atom. The lowest BCUT2D eigenvalue weighted by molar-refractivity contribution is -0.385. The summed E-state index contributed by atoms with van der Waals surface area (Å²) < 4.78 is 12.6. The SMILES string of the molecule is OC[C@H]1O[C@@H](O)[C@@](O)(Oc2cccc3ncn(Cc4ccc(-c5ccsc5)cc4)c23)[C@@H](O)[C@@H]1O. The van der Waals surface area contributed by atoms with Crippen LogP contribution in [0, 0.1) is 0 Å². The van der Waals surface area contributed by atoms with Gasteiger partial charge in [0.1, 0.15) is 23.5 Å². The van der Waals surface area contributed by atoms with Crippen molar-refractivity contribution in [1.29, 1.82) is 0 Å². The van der Waals surface area contributed by atoms with Crippen LogP contribution in [0.15, 0.2) is 65.6 Å². The van der Waals surface area contributed by atoms with Gasteiger partial charge in [-0.15, -0.1) is 0 Å². The van der Waals surface area contributed by atoms with Crippen LogP contribution in [0.2, 0.25) is 0 Å². The molecule has 4 aromatic rings. The van der Waals surface area contributed by atoms with Crippen molar-refractivity contribution >= 4 is 22.4 Å². The van der Waals surface area contributed by atoms with E-state index in [1.54, 1.807) is 35.9 Å². The van der Waals surface area contributed by atoms with Crippen molar-refractivity contribution in [1.82, 2.24) is 9.55 Å². The fourth-order valence-electron chi connectivity index (χ4n) is 4.10. The van der Waals surface area contributed by atoms with Gasteiger partial charge in [0.25, 0.3) is 5.79 Å². The van der Waals surface area contributed by atoms with Crippen molar-refractivity contribution in [3.05, 3.63) is 71.2 Å². The van der Waals surface area contributed by atoms with E-state index < -0.39 is 37.0 Å². The second-order valence-corrected chi connectivity index (χ2v) is 8.98. The van der Waals surface area contributed by atoms with Crippen molar-refractivity contribution in [2.45, 2.75) is 36.9 Å². The zero-order chi connectivity index (χ0) is 23.9. The van der Waals surface area contributed by atoms with E-state index in [1.165, 1.54) is 0 Å². The van der Waals surface area contributed by atoms with E-state index in [-0.39, 0.29) is 5.75 Å². The predicted octanol–water partition coefficient (Wildman–Crippen LogP) is 1.31. The first kappa shape index (κ1) is 22.9. The van der Waals surface area contributed by atoms with Crippen LogP contribution in [0.5, 0.6) is 5.75 Å². The molecule has 3 heterocycles. The molecule has 178 valence electrons. The van der Waals surface area contributed by atoms with Crippen LogP contribution in [0.4, 0.5) is 0 Å². The zero-order valence-corrected chi connectivity index (χ0v) is 18.7. The summed E-state index contributed by atoms with van der Waals surface area (Å²) in [5.74, 6) is -2.54. The topological polar surface area (TPSA) is 137 Å². The molecule has 0 unspecified atom stereocenters. The second-order valence-electron chi connectivity index (χ2n) is 8.20. The lowest BCUT2D eigenvalue weighted by atomic mass is 9.96. The number of thiophene rings is 1. The zero-order valence-electron chi connectivity index (χ0n) is 17.9. The summed E-state index contributed by atoms with van der Waals surface area (Å²) in [5.41, 5.74) is 4.38. The maximum atomic E-state index is 10.9. The standard InChI is InChI=1S/C24H24N2O7S/c27-11-19-21(28)22(29)24(31,23(30)32-19)33-18-3-1-2-17-20(18)26(13-25-17)10-14-4-6-15(7-5-14)16-8-9-34-12-16/h1-9,12-13,19,21-23,27-31H,10-11H2/t19-,21-,22+,23-,24+/m1/s1. The Bertz CT molecular complexity index is 1260. The lowest BCUT2D eigenvalue weighted by Crippen LogP contribution is -2.69. The normalized spacial score (nSPS) is 27.2. The number of hydrogen-bond donors (Lipinski definition) is 5. The molecule has 0 aliphatic carbocycles. The molecular formula is C24H24N2O7S. The van der Waals surface area contributed by atoms with E-state index in [1.807, 2.05) is 34.2 Å². The molecule has 1 saturated heterocycles. The van der Waals surface area contributed by atoms with Crippen LogP contribution in [0.1, 0.15) is 5.56 Å². The van der Waals surface area contributed by atoms with Gasteiger partial charge in [-0.2, -0.15) is 11.3 Å². The average Bonchev–Trinajstić information content (AvgIpc) is 3.52. The highest BCUT2D eigenvalue weighted by molar-refractivity contribution is 7.08. The Morgan fingerprint density at radius 1 is 1.06 bits per heavy atom. The predicted molar refractivity (Wildman–Crippen MR) is 124 cm³/mol. The Kier molecular flexibility index (Phi) is 6.13. The monoisotopic (exact) mass is 484 g/mol. The number of aromatic nitrogens is 2. The molecule has 34 heavy (non-hydrogen) atoms. The van der Waals surface area contributed by atoms with E-state index in [4.69, 9.17) is 9.47 Å². The first-order valence-electron chi connectivity index (χ1n) is 10.7. The number of aliphatic hydroxyl groups is 5. The minimum atomic E-state index is -2.67. The van der Waals surface area contributed by atoms with Crippen LogP contribution >= 0.6 is 11.3 Å². The van der Waals surface area contributed by atoms with Gasteiger partial charge in [0.05, 0.1) is 18.5 Å². The smallest absolute Gasteiger partial charge is 0.288 e. The molecule has 1 fully saturated rings. The number of fused-ring (bicyclic) bond motifs is 1. The minimum absolute atomic E-state index is 0.128. The first-order valence-corrected chi connectivity index (χ1v) is 11.6. The number of rotatable bonds is 6. The summed E-state index contributed by atoms with van der Waals surface area (Å²) >= 11 is 1.64. The van der Waals surface area contributed by atoms with E-state index in [0.29, 0.717) is 17.6 Å². The van der Waals surface area contributed by atoms with E-state index >= 15 is 0 Å². The Hall–Kier alpha value is -2.83. The molecule has 2 aromatic heterocycles. The third-order valence-electron chi connectivity index (χ3n) is 6.00. The molecule has 0 bridgehead atoms. The minimum Gasteiger partial charge on any atom is -0.452 e. The molecule has 1 aliphatic heterocycles. The third-order valence-corrected chi connectivity index (χ3v) is 6.68. The quantitative estimate of drug-likeness (QED) is 0.258. The number of hydrogen-bond acceptors (Lipinski definition) is 9. The second kappa shape index (κ2) is 9.08. The first-order chi connectivity index (χ1) is 16.4. The molecule has 0 amide bonds. The molecule has 2 aromatic carbocycles. The molecule has 0 radical (unpaired) electrons. The van der Waals surface area contributed by atoms with Crippen LogP contribution in [0.25, 0.3) is 22.2 Å². The van der Waals surface area contributed by atoms with Gasteiger partial charge < -0.3 is 39.6 Å². The van der Waals surface area contributed by atoms with Gasteiger partial charge in [0, 0.05) is 6.54 Å². The molecule has 0 saturated carbocycles. The van der Waals surface area contributed by atoms with Gasteiger partial charge in [0.2, 0.25) is 6.29 Å². The molecule has 9 nitrogen and oxygen atoms in total. The summed E-state index contributed by atoms with van der Waals surface area (Å²) in [6.07, 6.45) is -5.27. The molecular weight excluding hydrogens is 460 g/mol. The van der Waals surface area contributed by atoms with Gasteiger partial charge in [0.15, 0.2) is 6.10 Å². The Morgan fingerprint density at radius 3 is 2.56 bits per heavy atom. The van der Waals surface area contributed by atoms with Gasteiger partial charge in [-0.25, -0.2) is 4.98 Å². The van der Waals surface area contributed by atoms with Gasteiger partial charge >= 0.3 is 0 Å². The van der Waals surface area contributed by atoms with Crippen LogP contribution in [-0.2, 0) is 11.3 Å². The molecule has 5 atom stereocenters. The summed E-state index contributed by atoms with van der Waals surface area (Å²) in [5, 5.41) is 55.3. The summed E-state index contributed by atoms with van der Waals surface area (Å²) in [6, 6.07) is 15.2. The molecule has 5 rings (SSSR count). The number of aliphatic hydroxyl groups excluding tert-OH is 4. The van der Waals surface area contributed by atoms with Crippen molar-refractivity contribution in [3.8, 4) is 16.9 Å². The number of para-hydroxylation sites is 1. The number of nitrogens with zero attached hydrogens (tertiary/aromatic N) is 2. The van der Waals surface area contributed by atoms with Crippen molar-refractivity contribution < 1.29 is 35.0 Å². The van der Waals surface area contributed by atoms with Gasteiger partial charge in [-0.05, 0) is 45.6 Å². The van der Waals surface area contributed by atoms with Crippen molar-refractivity contribution in [2.75, 3.05) is 6.61 Å². The number of benzene rings is 2. The highest BCUT2D eigenvalue weighted by atomic mass is 32.1. The summed E-state index contributed by atoms with van der Waals surface area (Å²) in [4.78, 5) is 4.39. The average molecular weight is 485 g/mol. The van der Waals surface area contributed by atoms with Crippen LogP contribution < -0.4 is 4.74 Å². The van der Waals surface area contributed by atoms with Crippen molar-refractivity contribution in [3.63, 3.8) is 0 Å². The maximum Gasteiger partial charge on any atom is 0.288 e. The maximum absolute atomic E-state index is 10.9. The van der Waals surface area contributed by atoms with Crippen LogP contribution in [0.3, 0.4) is 0 Å². The summed E-state index contributed by atoms with van der Waals surface area (Å²) in [7, 11) is 0. The highest BCUT2D eigenvalue weighted by Gasteiger charge is 2.57. The van der Waals surface area contributed by atoms with Gasteiger partial charge in [-0.3, -0.25) is 0 Å². The third kappa shape index (κ3) is 3.99. The fraction of sp³-hybridized carbons (Fsp3) is 0.292. The van der Waals surface area contributed by atoms with E-state index in [0.717, 1.165) is 16.7 Å². The Balaban J connectivity index is 1.44. The number of imidazole rings is 1. The van der Waals surface area contributed by atoms with Gasteiger partial charge in [-0.1, -0.05) is 30.3 Å². The Labute approximate surface area is 198 Å². The molecule has 0 spiro atoms. The molecule has 10 heteroatoms. The van der Waals surface area contributed by atoms with E-state index in [2.05, 4.69) is 16.4 Å². The fourth-order valence-corrected chi connectivity index (χ4v) is 4.76. The molecule has 1 aliphatic rings. The van der Waals surface area contributed by atoms with Crippen LogP contribution in [-0.4, -0.2) is 72.1 Å². The largest absolute Gasteiger partial charge is 0.452 e. The highest BCUT2D eigenvalue weighted by Crippen LogP contribution is 2.35. The number of ether oxygens (including phenoxy) is 2. The summed E-state index contributed by atoms with van der Waals surface area (Å²) in [6.45, 7) is -0.199.